The second-order valence-electron chi connectivity index (χ2n) is 8.37. The lowest BCUT2D eigenvalue weighted by atomic mass is 10.0. The first-order chi connectivity index (χ1) is 16.6. The lowest BCUT2D eigenvalue weighted by Crippen LogP contribution is -2.37. The van der Waals surface area contributed by atoms with E-state index in [4.69, 9.17) is 9.47 Å². The average Bonchev–Trinajstić information content (AvgIpc) is 3.29. The molecule has 3 aromatic carbocycles. The Morgan fingerprint density at radius 1 is 0.912 bits per heavy atom. The maximum absolute atomic E-state index is 13.8. The highest BCUT2D eigenvalue weighted by Crippen LogP contribution is 2.37. The zero-order valence-corrected chi connectivity index (χ0v) is 19.5. The van der Waals surface area contributed by atoms with Crippen LogP contribution in [-0.2, 0) is 6.54 Å². The maximum atomic E-state index is 13.8. The highest BCUT2D eigenvalue weighted by Gasteiger charge is 2.33. The number of aromatic nitrogens is 1. The van der Waals surface area contributed by atoms with Gasteiger partial charge in [0.2, 0.25) is 0 Å². The van der Waals surface area contributed by atoms with Crippen LogP contribution in [0.5, 0.6) is 11.5 Å². The first-order valence-corrected chi connectivity index (χ1v) is 11.2. The van der Waals surface area contributed by atoms with E-state index >= 15 is 0 Å². The number of carbonyl (C=O) groups is 1. The molecule has 5 rings (SSSR count). The highest BCUT2D eigenvalue weighted by atomic mass is 16.5. The Morgan fingerprint density at radius 3 is 2.44 bits per heavy atom. The fourth-order valence-electron chi connectivity index (χ4n) is 4.55. The topological polar surface area (TPSA) is 55.7 Å². The Kier molecular flexibility index (Phi) is 5.72. The number of fused-ring (bicyclic) bond motifs is 3. The molecule has 1 aromatic heterocycles. The molecule has 0 aliphatic carbocycles. The normalized spacial score (nSPS) is 14.6. The van der Waals surface area contributed by atoms with Crippen molar-refractivity contribution >= 4 is 11.7 Å². The minimum Gasteiger partial charge on any atom is -0.493 e. The van der Waals surface area contributed by atoms with Crippen molar-refractivity contribution in [2.45, 2.75) is 19.5 Å². The van der Waals surface area contributed by atoms with Crippen LogP contribution in [0.3, 0.4) is 0 Å². The lowest BCUT2D eigenvalue weighted by Gasteiger charge is -2.31. The number of aryl methyl sites for hydroxylation is 1. The van der Waals surface area contributed by atoms with Gasteiger partial charge in [-0.05, 0) is 48.4 Å². The van der Waals surface area contributed by atoms with Gasteiger partial charge in [0.05, 0.1) is 32.5 Å². The third-order valence-electron chi connectivity index (χ3n) is 6.25. The quantitative estimate of drug-likeness (QED) is 0.416. The number of amides is 2. The van der Waals surface area contributed by atoms with E-state index < -0.39 is 0 Å². The molecule has 34 heavy (non-hydrogen) atoms. The number of anilines is 1. The molecule has 4 aromatic rings. The summed E-state index contributed by atoms with van der Waals surface area (Å²) in [5.74, 6) is 1.17. The van der Waals surface area contributed by atoms with Crippen molar-refractivity contribution in [2.75, 3.05) is 19.5 Å². The number of para-hydroxylation sites is 1. The van der Waals surface area contributed by atoms with Gasteiger partial charge in [0, 0.05) is 23.6 Å². The molecule has 0 unspecified atom stereocenters. The van der Waals surface area contributed by atoms with E-state index in [1.807, 2.05) is 29.2 Å². The van der Waals surface area contributed by atoms with Crippen LogP contribution < -0.4 is 14.8 Å². The van der Waals surface area contributed by atoms with Gasteiger partial charge < -0.3 is 24.3 Å². The van der Waals surface area contributed by atoms with Gasteiger partial charge in [-0.15, -0.1) is 0 Å². The van der Waals surface area contributed by atoms with Gasteiger partial charge in [0.25, 0.3) is 0 Å². The first kappa shape index (κ1) is 21.6. The molecule has 172 valence electrons. The second-order valence-corrected chi connectivity index (χ2v) is 8.37. The number of rotatable bonds is 4. The summed E-state index contributed by atoms with van der Waals surface area (Å²) in [4.78, 5) is 15.7. The number of nitrogens with one attached hydrogen (secondary N) is 1. The smallest absolute Gasteiger partial charge is 0.322 e. The van der Waals surface area contributed by atoms with Crippen LogP contribution in [0, 0.1) is 6.92 Å². The standard InChI is InChI=1S/C28H27N3O3/c1-19-10-12-20(13-11-19)27-24-9-6-16-30(24)23-8-5-4-7-21(23)18-31(27)28(32)29-22-14-15-25(33-2)26(17-22)34-3/h4-17,27H,18H2,1-3H3,(H,29,32)/t27-/m1/s1. The summed E-state index contributed by atoms with van der Waals surface area (Å²) in [6.07, 6.45) is 2.06. The number of nitrogens with zero attached hydrogens (tertiary/aromatic N) is 2. The number of ether oxygens (including phenoxy) is 2. The van der Waals surface area contributed by atoms with Gasteiger partial charge in [-0.2, -0.15) is 0 Å². The number of benzene rings is 3. The monoisotopic (exact) mass is 453 g/mol. The van der Waals surface area contributed by atoms with Crippen molar-refractivity contribution in [3.63, 3.8) is 0 Å². The summed E-state index contributed by atoms with van der Waals surface area (Å²) in [6, 6.07) is 25.6. The van der Waals surface area contributed by atoms with Crippen molar-refractivity contribution in [1.82, 2.24) is 9.47 Å². The molecular weight excluding hydrogens is 426 g/mol. The van der Waals surface area contributed by atoms with Crippen molar-refractivity contribution in [3.8, 4) is 17.2 Å². The third-order valence-corrected chi connectivity index (χ3v) is 6.25. The molecule has 0 radical (unpaired) electrons. The van der Waals surface area contributed by atoms with E-state index in [9.17, 15) is 4.79 Å². The summed E-state index contributed by atoms with van der Waals surface area (Å²) >= 11 is 0. The van der Waals surface area contributed by atoms with Gasteiger partial charge in [-0.3, -0.25) is 0 Å². The molecule has 0 fully saturated rings. The molecule has 0 bridgehead atoms. The van der Waals surface area contributed by atoms with Crippen LogP contribution >= 0.6 is 0 Å². The highest BCUT2D eigenvalue weighted by molar-refractivity contribution is 5.90. The van der Waals surface area contributed by atoms with Crippen molar-refractivity contribution in [2.24, 2.45) is 0 Å². The molecule has 1 atom stereocenters. The van der Waals surface area contributed by atoms with Gasteiger partial charge in [-0.25, -0.2) is 4.79 Å². The second kappa shape index (κ2) is 8.98. The molecule has 2 heterocycles. The summed E-state index contributed by atoms with van der Waals surface area (Å²) in [5.41, 5.74) is 6.07. The van der Waals surface area contributed by atoms with E-state index in [0.717, 1.165) is 22.5 Å². The Balaban J connectivity index is 1.58. The zero-order chi connectivity index (χ0) is 23.7. The lowest BCUT2D eigenvalue weighted by molar-refractivity contribution is 0.194. The summed E-state index contributed by atoms with van der Waals surface area (Å²) in [6.45, 7) is 2.53. The maximum Gasteiger partial charge on any atom is 0.322 e. The number of hydrogen-bond acceptors (Lipinski definition) is 3. The summed E-state index contributed by atoms with van der Waals surface area (Å²) in [5, 5.41) is 3.07. The SMILES string of the molecule is COc1ccc(NC(=O)N2Cc3ccccc3-n3cccc3[C@H]2c2ccc(C)cc2)cc1OC. The van der Waals surface area contributed by atoms with E-state index in [0.29, 0.717) is 23.7 Å². The molecule has 1 aliphatic heterocycles. The third kappa shape index (κ3) is 3.88. The minimum absolute atomic E-state index is 0.192. The molecular formula is C28H27N3O3. The predicted molar refractivity (Wildman–Crippen MR) is 133 cm³/mol. The van der Waals surface area contributed by atoms with Crippen LogP contribution in [0.4, 0.5) is 10.5 Å². The summed E-state index contributed by atoms with van der Waals surface area (Å²) < 4.78 is 12.9. The van der Waals surface area contributed by atoms with Gasteiger partial charge in [-0.1, -0.05) is 48.0 Å². The molecule has 0 saturated carbocycles. The van der Waals surface area contributed by atoms with E-state index in [1.54, 1.807) is 26.4 Å². The molecule has 6 heteroatoms. The summed E-state index contributed by atoms with van der Waals surface area (Å²) in [7, 11) is 3.17. The van der Waals surface area contributed by atoms with Crippen molar-refractivity contribution in [1.29, 1.82) is 0 Å². The van der Waals surface area contributed by atoms with Gasteiger partial charge >= 0.3 is 6.03 Å². The largest absolute Gasteiger partial charge is 0.493 e. The van der Waals surface area contributed by atoms with Crippen molar-refractivity contribution in [3.05, 3.63) is 107 Å². The number of hydrogen-bond donors (Lipinski definition) is 1. The molecule has 2 amide bonds. The van der Waals surface area contributed by atoms with E-state index in [1.165, 1.54) is 5.56 Å². The molecule has 0 spiro atoms. The Labute approximate surface area is 199 Å². The number of urea groups is 1. The fraction of sp³-hybridized carbons (Fsp3) is 0.179. The zero-order valence-electron chi connectivity index (χ0n) is 19.5. The van der Waals surface area contributed by atoms with Crippen LogP contribution in [0.15, 0.2) is 85.1 Å². The van der Waals surface area contributed by atoms with Crippen LogP contribution in [-0.4, -0.2) is 29.7 Å². The van der Waals surface area contributed by atoms with Crippen LogP contribution in [0.25, 0.3) is 5.69 Å². The molecule has 1 aliphatic rings. The number of carbonyl (C=O) groups excluding carboxylic acids is 1. The van der Waals surface area contributed by atoms with E-state index in [2.05, 4.69) is 65.5 Å². The first-order valence-electron chi connectivity index (χ1n) is 11.2. The van der Waals surface area contributed by atoms with Gasteiger partial charge in [0.15, 0.2) is 11.5 Å². The number of methoxy groups -OCH3 is 2. The Hall–Kier alpha value is -4.19. The minimum atomic E-state index is -0.261. The average molecular weight is 454 g/mol. The Bertz CT molecular complexity index is 1330. The van der Waals surface area contributed by atoms with E-state index in [-0.39, 0.29) is 12.1 Å². The van der Waals surface area contributed by atoms with Crippen LogP contribution in [0.2, 0.25) is 0 Å². The Morgan fingerprint density at radius 2 is 1.68 bits per heavy atom. The molecule has 0 saturated heterocycles. The molecule has 1 N–H and O–H groups in total. The fourth-order valence-corrected chi connectivity index (χ4v) is 4.55. The predicted octanol–water partition coefficient (Wildman–Crippen LogP) is 5.94. The van der Waals surface area contributed by atoms with Crippen LogP contribution in [0.1, 0.15) is 28.4 Å². The van der Waals surface area contributed by atoms with Gasteiger partial charge in [0.1, 0.15) is 0 Å². The van der Waals surface area contributed by atoms with Crippen molar-refractivity contribution < 1.29 is 14.3 Å². The molecule has 6 nitrogen and oxygen atoms in total.